The fourth-order valence-electron chi connectivity index (χ4n) is 0.118. The second-order valence-electron chi connectivity index (χ2n) is 1.11. The maximum absolute atomic E-state index is 9.49. The third kappa shape index (κ3) is 3.59. The maximum Gasteiger partial charge on any atom is 0.135 e. The quantitative estimate of drug-likeness (QED) is 0.267. The van der Waals surface area contributed by atoms with Gasteiger partial charge in [0.05, 0.1) is 6.54 Å². The minimum absolute atomic E-state index is 0.306. The van der Waals surface area contributed by atoms with Gasteiger partial charge in [0.1, 0.15) is 6.29 Å². The Kier molecular flexibility index (Phi) is 2.62. The van der Waals surface area contributed by atoms with E-state index in [-0.39, 0.29) is 0 Å². The Hall–Kier alpha value is -0.410. The highest BCUT2D eigenvalue weighted by molar-refractivity contribution is 5.51. The molecule has 0 saturated carbocycles. The van der Waals surface area contributed by atoms with Crippen LogP contribution in [0.4, 0.5) is 0 Å². The van der Waals surface area contributed by atoms with Crippen molar-refractivity contribution in [3.8, 4) is 0 Å². The molecule has 0 radical (unpaired) electrons. The molecule has 0 bridgehead atoms. The van der Waals surface area contributed by atoms with Crippen molar-refractivity contribution in [3.05, 3.63) is 0 Å². The third-order valence-electron chi connectivity index (χ3n) is 0.363. The van der Waals surface area contributed by atoms with E-state index in [0.29, 0.717) is 6.54 Å². The molecule has 0 aromatic rings. The largest absolute Gasteiger partial charge is 0.302 e. The Morgan fingerprint density at radius 1 is 2.00 bits per heavy atom. The summed E-state index contributed by atoms with van der Waals surface area (Å²) in [6, 6.07) is 0. The first-order valence-corrected chi connectivity index (χ1v) is 1.67. The number of nitrogens with two attached hydrogens (primary N) is 1. The number of hydrazine groups is 1. The molecule has 0 atom stereocenters. The monoisotopic (exact) mass is 88.1 g/mol. The third-order valence-corrected chi connectivity index (χ3v) is 0.363. The van der Waals surface area contributed by atoms with Crippen molar-refractivity contribution >= 4 is 6.29 Å². The molecule has 0 rings (SSSR count). The fraction of sp³-hybridized carbons (Fsp3) is 0.667. The number of nitrogens with zero attached hydrogens (tertiary/aromatic N) is 1. The molecule has 2 N–H and O–H groups in total. The zero-order valence-electron chi connectivity index (χ0n) is 3.72. The minimum atomic E-state index is 0.306. The molecule has 0 aromatic carbocycles. The average Bonchev–Trinajstić information content (AvgIpc) is 1.35. The number of carbonyl (C=O) groups is 1. The first-order chi connectivity index (χ1) is 2.77. The van der Waals surface area contributed by atoms with Gasteiger partial charge in [-0.2, -0.15) is 0 Å². The van der Waals surface area contributed by atoms with E-state index in [1.165, 1.54) is 5.01 Å². The number of rotatable bonds is 2. The highest BCUT2D eigenvalue weighted by Crippen LogP contribution is 1.55. The van der Waals surface area contributed by atoms with Gasteiger partial charge in [0.2, 0.25) is 0 Å². The van der Waals surface area contributed by atoms with Crippen LogP contribution in [-0.2, 0) is 4.79 Å². The van der Waals surface area contributed by atoms with Crippen LogP contribution in [0, 0.1) is 0 Å². The SMILES string of the molecule is CN(N)CC=O. The van der Waals surface area contributed by atoms with E-state index in [2.05, 4.69) is 0 Å². The van der Waals surface area contributed by atoms with Crippen LogP contribution >= 0.6 is 0 Å². The lowest BCUT2D eigenvalue weighted by Crippen LogP contribution is -2.27. The van der Waals surface area contributed by atoms with Crippen LogP contribution in [0.5, 0.6) is 0 Å². The summed E-state index contributed by atoms with van der Waals surface area (Å²) in [4.78, 5) is 9.49. The van der Waals surface area contributed by atoms with Crippen molar-refractivity contribution in [1.29, 1.82) is 0 Å². The standard InChI is InChI=1S/C3H8N2O/c1-5(4)2-3-6/h3H,2,4H2,1H3. The molecule has 3 nitrogen and oxygen atoms in total. The van der Waals surface area contributed by atoms with Crippen LogP contribution in [-0.4, -0.2) is 24.9 Å². The highest BCUT2D eigenvalue weighted by atomic mass is 16.1. The molecule has 36 valence electrons. The molecular weight excluding hydrogens is 80.0 g/mol. The van der Waals surface area contributed by atoms with Crippen molar-refractivity contribution in [1.82, 2.24) is 5.01 Å². The van der Waals surface area contributed by atoms with Gasteiger partial charge in [-0.3, -0.25) is 5.84 Å². The molecule has 0 unspecified atom stereocenters. The predicted molar refractivity (Wildman–Crippen MR) is 22.9 cm³/mol. The van der Waals surface area contributed by atoms with Gasteiger partial charge in [-0.1, -0.05) is 0 Å². The van der Waals surface area contributed by atoms with Crippen LogP contribution in [0.2, 0.25) is 0 Å². The summed E-state index contributed by atoms with van der Waals surface area (Å²) in [5.41, 5.74) is 0. The molecule has 3 heteroatoms. The van der Waals surface area contributed by atoms with Gasteiger partial charge in [0.15, 0.2) is 0 Å². The summed E-state index contributed by atoms with van der Waals surface area (Å²) in [6.45, 7) is 0.306. The average molecular weight is 88.1 g/mol. The van der Waals surface area contributed by atoms with Crippen LogP contribution in [0.15, 0.2) is 0 Å². The summed E-state index contributed by atoms with van der Waals surface area (Å²) in [7, 11) is 1.63. The molecule has 0 aromatic heterocycles. The second kappa shape index (κ2) is 2.81. The lowest BCUT2D eigenvalue weighted by Gasteiger charge is -1.99. The van der Waals surface area contributed by atoms with Crippen LogP contribution < -0.4 is 5.84 Å². The molecule has 0 spiro atoms. The molecule has 0 aliphatic heterocycles. The van der Waals surface area contributed by atoms with Gasteiger partial charge in [-0.25, -0.2) is 5.01 Å². The Labute approximate surface area is 36.7 Å². The number of aldehydes is 1. The summed E-state index contributed by atoms with van der Waals surface area (Å²) in [5, 5.41) is 1.31. The van der Waals surface area contributed by atoms with Crippen LogP contribution in [0.3, 0.4) is 0 Å². The van der Waals surface area contributed by atoms with E-state index in [9.17, 15) is 4.79 Å². The Balaban J connectivity index is 2.81. The molecule has 0 heterocycles. The lowest BCUT2D eigenvalue weighted by atomic mass is 10.7. The molecule has 0 fully saturated rings. The normalized spacial score (nSPS) is 9.17. The second-order valence-corrected chi connectivity index (χ2v) is 1.11. The summed E-state index contributed by atoms with van der Waals surface area (Å²) in [5.74, 6) is 5.00. The minimum Gasteiger partial charge on any atom is -0.302 e. The molecule has 0 amide bonds. The molecule has 6 heavy (non-hydrogen) atoms. The van der Waals surface area contributed by atoms with Crippen LogP contribution in [0.1, 0.15) is 0 Å². The van der Waals surface area contributed by atoms with E-state index < -0.39 is 0 Å². The Bertz CT molecular complexity index is 44.1. The fourth-order valence-corrected chi connectivity index (χ4v) is 0.118. The van der Waals surface area contributed by atoms with Crippen LogP contribution in [0.25, 0.3) is 0 Å². The molecule has 0 aliphatic carbocycles. The zero-order valence-corrected chi connectivity index (χ0v) is 3.72. The number of hydrogen-bond acceptors (Lipinski definition) is 3. The molecule has 0 aliphatic rings. The summed E-state index contributed by atoms with van der Waals surface area (Å²) >= 11 is 0. The number of carbonyl (C=O) groups excluding carboxylic acids is 1. The van der Waals surface area contributed by atoms with E-state index in [4.69, 9.17) is 5.84 Å². The van der Waals surface area contributed by atoms with Gasteiger partial charge in [0.25, 0.3) is 0 Å². The lowest BCUT2D eigenvalue weighted by molar-refractivity contribution is -0.108. The van der Waals surface area contributed by atoms with Gasteiger partial charge in [-0.05, 0) is 0 Å². The maximum atomic E-state index is 9.49. The number of hydrogen-bond donors (Lipinski definition) is 1. The van der Waals surface area contributed by atoms with E-state index >= 15 is 0 Å². The van der Waals surface area contributed by atoms with E-state index in [1.807, 2.05) is 0 Å². The van der Waals surface area contributed by atoms with E-state index in [1.54, 1.807) is 7.05 Å². The van der Waals surface area contributed by atoms with Crippen molar-refractivity contribution in [2.24, 2.45) is 5.84 Å². The summed E-state index contributed by atoms with van der Waals surface area (Å²) in [6.07, 6.45) is 0.750. The highest BCUT2D eigenvalue weighted by Gasteiger charge is 1.79. The first kappa shape index (κ1) is 5.59. The van der Waals surface area contributed by atoms with Crippen molar-refractivity contribution < 1.29 is 4.79 Å². The van der Waals surface area contributed by atoms with Gasteiger partial charge >= 0.3 is 0 Å². The first-order valence-electron chi connectivity index (χ1n) is 1.67. The van der Waals surface area contributed by atoms with Gasteiger partial charge in [-0.15, -0.1) is 0 Å². The Morgan fingerprint density at radius 2 is 2.50 bits per heavy atom. The summed E-state index contributed by atoms with van der Waals surface area (Å²) < 4.78 is 0. The predicted octanol–water partition coefficient (Wildman–Crippen LogP) is -1.01. The smallest absolute Gasteiger partial charge is 0.135 e. The van der Waals surface area contributed by atoms with Crippen molar-refractivity contribution in [2.45, 2.75) is 0 Å². The number of likely N-dealkylation sites (N-methyl/N-ethyl adjacent to an activating group) is 1. The molecule has 0 saturated heterocycles. The van der Waals surface area contributed by atoms with E-state index in [0.717, 1.165) is 6.29 Å². The van der Waals surface area contributed by atoms with Gasteiger partial charge < -0.3 is 4.79 Å². The van der Waals surface area contributed by atoms with Gasteiger partial charge in [0, 0.05) is 7.05 Å². The van der Waals surface area contributed by atoms with Crippen molar-refractivity contribution in [2.75, 3.05) is 13.6 Å². The topological polar surface area (TPSA) is 46.3 Å². The zero-order chi connectivity index (χ0) is 4.99. The Morgan fingerprint density at radius 3 is 2.50 bits per heavy atom. The molecular formula is C3H8N2O. The van der Waals surface area contributed by atoms with Crippen molar-refractivity contribution in [3.63, 3.8) is 0 Å².